The van der Waals surface area contributed by atoms with Gasteiger partial charge in [0.1, 0.15) is 5.82 Å². The van der Waals surface area contributed by atoms with Gasteiger partial charge in [-0.25, -0.2) is 14.1 Å². The van der Waals surface area contributed by atoms with Crippen molar-refractivity contribution in [2.24, 2.45) is 0 Å². The van der Waals surface area contributed by atoms with E-state index in [2.05, 4.69) is 5.43 Å². The van der Waals surface area contributed by atoms with Crippen molar-refractivity contribution in [3.05, 3.63) is 80.8 Å². The van der Waals surface area contributed by atoms with Crippen LogP contribution in [0.3, 0.4) is 0 Å². The number of hydrogen-bond donors (Lipinski definition) is 1. The van der Waals surface area contributed by atoms with Crippen molar-refractivity contribution in [3.8, 4) is 5.69 Å². The number of hydrazine groups is 1. The van der Waals surface area contributed by atoms with Gasteiger partial charge < -0.3 is 0 Å². The van der Waals surface area contributed by atoms with E-state index in [9.17, 15) is 9.18 Å². The van der Waals surface area contributed by atoms with Gasteiger partial charge in [-0.2, -0.15) is 16.9 Å². The van der Waals surface area contributed by atoms with Crippen molar-refractivity contribution < 1.29 is 9.18 Å². The zero-order valence-corrected chi connectivity index (χ0v) is 21.4. The van der Waals surface area contributed by atoms with Gasteiger partial charge in [-0.1, -0.05) is 48.2 Å². The van der Waals surface area contributed by atoms with E-state index < -0.39 is 0 Å². The molecule has 35 heavy (non-hydrogen) atoms. The minimum Gasteiger partial charge on any atom is -0.283 e. The highest BCUT2D eigenvalue weighted by Crippen LogP contribution is 2.38. The van der Waals surface area contributed by atoms with Gasteiger partial charge >= 0.3 is 0 Å². The maximum atomic E-state index is 13.5. The summed E-state index contributed by atoms with van der Waals surface area (Å²) in [7, 11) is 0. The Hall–Kier alpha value is -2.32. The van der Waals surface area contributed by atoms with Gasteiger partial charge in [-0.05, 0) is 60.4 Å². The monoisotopic (exact) mass is 530 g/mol. The zero-order valence-electron chi connectivity index (χ0n) is 19.1. The van der Waals surface area contributed by atoms with Crippen molar-refractivity contribution in [1.82, 2.24) is 20.2 Å². The van der Waals surface area contributed by atoms with Crippen LogP contribution in [0, 0.1) is 5.82 Å². The number of nitrogens with zero attached hydrogens (tertiary/aromatic N) is 3. The number of halogens is 3. The summed E-state index contributed by atoms with van der Waals surface area (Å²) in [5.41, 5.74) is 7.71. The molecular formula is C26H25Cl2FN4OS. The smallest absolute Gasteiger partial charge is 0.283 e. The first-order valence-corrected chi connectivity index (χ1v) is 13.6. The third kappa shape index (κ3) is 5.43. The largest absolute Gasteiger partial charge is 0.286 e. The van der Waals surface area contributed by atoms with Crippen LogP contribution in [0.25, 0.3) is 17.3 Å². The fourth-order valence-corrected chi connectivity index (χ4v) is 6.02. The van der Waals surface area contributed by atoms with E-state index in [1.54, 1.807) is 40.7 Å². The van der Waals surface area contributed by atoms with Crippen molar-refractivity contribution in [1.29, 1.82) is 0 Å². The lowest BCUT2D eigenvalue weighted by molar-refractivity contribution is 0.0787. The van der Waals surface area contributed by atoms with Crippen LogP contribution in [0.15, 0.2) is 42.5 Å². The van der Waals surface area contributed by atoms with Crippen LogP contribution in [-0.4, -0.2) is 39.5 Å². The molecule has 1 fully saturated rings. The Kier molecular flexibility index (Phi) is 7.48. The molecule has 182 valence electrons. The first-order chi connectivity index (χ1) is 17.0. The molecule has 3 heterocycles. The van der Waals surface area contributed by atoms with Crippen LogP contribution >= 0.6 is 35.0 Å². The first-order valence-electron chi connectivity index (χ1n) is 11.7. The van der Waals surface area contributed by atoms with Gasteiger partial charge in [0.15, 0.2) is 5.69 Å². The van der Waals surface area contributed by atoms with Gasteiger partial charge in [-0.15, -0.1) is 0 Å². The van der Waals surface area contributed by atoms with Crippen LogP contribution in [0.2, 0.25) is 10.0 Å². The van der Waals surface area contributed by atoms with E-state index in [1.807, 2.05) is 17.2 Å². The third-order valence-corrected chi connectivity index (χ3v) is 7.77. The number of thioether (sulfide) groups is 1. The molecule has 1 N–H and O–H groups in total. The van der Waals surface area contributed by atoms with E-state index in [0.29, 0.717) is 27.2 Å². The third-order valence-electron chi connectivity index (χ3n) is 6.22. The maximum absolute atomic E-state index is 13.5. The van der Waals surface area contributed by atoms with Crippen molar-refractivity contribution >= 4 is 52.5 Å². The molecule has 1 aromatic heterocycles. The van der Waals surface area contributed by atoms with E-state index in [1.165, 1.54) is 25.0 Å². The summed E-state index contributed by atoms with van der Waals surface area (Å²) >= 11 is 14.4. The Morgan fingerprint density at radius 2 is 1.77 bits per heavy atom. The van der Waals surface area contributed by atoms with Crippen LogP contribution in [0.5, 0.6) is 0 Å². The van der Waals surface area contributed by atoms with E-state index in [-0.39, 0.29) is 11.7 Å². The summed E-state index contributed by atoms with van der Waals surface area (Å²) in [5, 5.41) is 7.76. The number of fused-ring (bicyclic) bond motifs is 1. The number of hydrogen-bond acceptors (Lipinski definition) is 4. The summed E-state index contributed by atoms with van der Waals surface area (Å²) in [6, 6.07) is 11.6. The molecule has 5 nitrogen and oxygen atoms in total. The average molecular weight is 531 g/mol. The van der Waals surface area contributed by atoms with Crippen LogP contribution < -0.4 is 5.43 Å². The standard InChI is InChI=1S/C26H25Cl2FN4OS/c27-19-7-10-23(22(28)14-19)33-25-18(13-17-5-8-20(29)9-6-17)15-35-16-21(25)24(30-33)26(34)31-32-11-3-1-2-4-12-32/h5-10,13-14H,1-4,11-12,15-16H2,(H,31,34). The molecule has 0 radical (unpaired) electrons. The molecule has 0 atom stereocenters. The van der Waals surface area contributed by atoms with Crippen molar-refractivity contribution in [3.63, 3.8) is 0 Å². The Bertz CT molecular complexity index is 1270. The summed E-state index contributed by atoms with van der Waals surface area (Å²) in [6.45, 7) is 1.67. The van der Waals surface area contributed by atoms with Gasteiger partial charge in [0.05, 0.1) is 16.4 Å². The second-order valence-electron chi connectivity index (χ2n) is 8.74. The minimum absolute atomic E-state index is 0.212. The van der Waals surface area contributed by atoms with Crippen LogP contribution in [0.4, 0.5) is 4.39 Å². The predicted molar refractivity (Wildman–Crippen MR) is 142 cm³/mol. The van der Waals surface area contributed by atoms with E-state index in [4.69, 9.17) is 28.3 Å². The molecule has 5 rings (SSSR count). The fraction of sp³-hybridized carbons (Fsp3) is 0.308. The molecule has 3 aromatic rings. The number of carbonyl (C=O) groups is 1. The number of benzene rings is 2. The number of amides is 1. The number of rotatable bonds is 4. The second-order valence-corrected chi connectivity index (χ2v) is 10.6. The molecule has 9 heteroatoms. The summed E-state index contributed by atoms with van der Waals surface area (Å²) < 4.78 is 15.2. The topological polar surface area (TPSA) is 50.2 Å². The summed E-state index contributed by atoms with van der Waals surface area (Å²) in [4.78, 5) is 13.4. The van der Waals surface area contributed by atoms with Crippen molar-refractivity contribution in [2.45, 2.75) is 31.4 Å². The van der Waals surface area contributed by atoms with Gasteiger partial charge in [0.25, 0.3) is 5.91 Å². The summed E-state index contributed by atoms with van der Waals surface area (Å²) in [6.07, 6.45) is 6.50. The highest BCUT2D eigenvalue weighted by Gasteiger charge is 2.30. The van der Waals surface area contributed by atoms with E-state index in [0.717, 1.165) is 54.1 Å². The average Bonchev–Trinajstić information content (AvgIpc) is 3.04. The lowest BCUT2D eigenvalue weighted by Gasteiger charge is -2.21. The molecule has 0 bridgehead atoms. The fourth-order valence-electron chi connectivity index (χ4n) is 4.51. The van der Waals surface area contributed by atoms with Gasteiger partial charge in [0.2, 0.25) is 0 Å². The second kappa shape index (κ2) is 10.7. The Morgan fingerprint density at radius 3 is 2.49 bits per heavy atom. The maximum Gasteiger partial charge on any atom is 0.286 e. The zero-order chi connectivity index (χ0) is 24.4. The van der Waals surface area contributed by atoms with E-state index >= 15 is 0 Å². The Labute approximate surface area is 218 Å². The molecule has 0 unspecified atom stereocenters. The molecule has 0 aliphatic carbocycles. The number of nitrogens with one attached hydrogen (secondary N) is 1. The van der Waals surface area contributed by atoms with Crippen molar-refractivity contribution in [2.75, 3.05) is 18.8 Å². The first kappa shape index (κ1) is 24.4. The lowest BCUT2D eigenvalue weighted by Crippen LogP contribution is -2.43. The normalized spacial score (nSPS) is 17.7. The van der Waals surface area contributed by atoms with Crippen LogP contribution in [-0.2, 0) is 5.75 Å². The molecule has 0 saturated carbocycles. The highest BCUT2D eigenvalue weighted by atomic mass is 35.5. The Morgan fingerprint density at radius 1 is 1.03 bits per heavy atom. The van der Waals surface area contributed by atoms with Crippen LogP contribution in [0.1, 0.15) is 53.0 Å². The number of aromatic nitrogens is 2. The predicted octanol–water partition coefficient (Wildman–Crippen LogP) is 6.63. The molecule has 1 amide bonds. The quantitative estimate of drug-likeness (QED) is 0.411. The molecule has 2 aliphatic heterocycles. The Balaban J connectivity index is 1.60. The van der Waals surface area contributed by atoms with Gasteiger partial charge in [-0.3, -0.25) is 10.2 Å². The highest BCUT2D eigenvalue weighted by molar-refractivity contribution is 7.99. The SMILES string of the molecule is O=C(NN1CCCCCC1)c1nn(-c2ccc(Cl)cc2Cl)c2c1CSCC2=Cc1ccc(F)cc1. The molecule has 2 aliphatic rings. The lowest BCUT2D eigenvalue weighted by atomic mass is 10.0. The number of carbonyl (C=O) groups excluding carboxylic acids is 1. The molecule has 1 saturated heterocycles. The molecule has 2 aromatic carbocycles. The summed E-state index contributed by atoms with van der Waals surface area (Å²) in [5.74, 6) is 0.894. The van der Waals surface area contributed by atoms with Gasteiger partial charge in [0, 0.05) is 35.2 Å². The molecule has 0 spiro atoms. The minimum atomic E-state index is -0.281. The molecular weight excluding hydrogens is 506 g/mol.